The summed E-state index contributed by atoms with van der Waals surface area (Å²) in [5, 5.41) is 30.5. The minimum atomic E-state index is -1.04. The van der Waals surface area contributed by atoms with Crippen LogP contribution in [0.15, 0.2) is 11.6 Å². The van der Waals surface area contributed by atoms with E-state index in [0.717, 1.165) is 0 Å². The number of rotatable bonds is 1. The lowest BCUT2D eigenvalue weighted by Gasteiger charge is -2.50. The van der Waals surface area contributed by atoms with Crippen LogP contribution in [0.1, 0.15) is 13.3 Å². The Morgan fingerprint density at radius 3 is 2.70 bits per heavy atom. The summed E-state index contributed by atoms with van der Waals surface area (Å²) >= 11 is 0. The van der Waals surface area contributed by atoms with Crippen molar-refractivity contribution in [1.82, 2.24) is 0 Å². The molecule has 2 saturated heterocycles. The number of hydrogen-bond acceptors (Lipinski definition) is 6. The van der Waals surface area contributed by atoms with Gasteiger partial charge in [-0.25, -0.2) is 0 Å². The van der Waals surface area contributed by atoms with E-state index in [9.17, 15) is 20.1 Å². The number of aliphatic hydroxyl groups excluding tert-OH is 3. The number of fused-ring (bicyclic) bond motifs is 2. The zero-order valence-electron chi connectivity index (χ0n) is 11.2. The van der Waals surface area contributed by atoms with Gasteiger partial charge in [0.25, 0.3) is 0 Å². The first-order valence-electron chi connectivity index (χ1n) is 6.94. The third-order valence-electron chi connectivity index (χ3n) is 5.59. The van der Waals surface area contributed by atoms with Crippen molar-refractivity contribution in [3.63, 3.8) is 0 Å². The molecule has 2 bridgehead atoms. The number of carbonyl (C=O) groups excluding carboxylic acids is 1. The van der Waals surface area contributed by atoms with Crippen LogP contribution in [0.25, 0.3) is 0 Å². The summed E-state index contributed by atoms with van der Waals surface area (Å²) in [7, 11) is 0. The molecule has 20 heavy (non-hydrogen) atoms. The number of Topliss-reactive ketones (excluding diaryl/α,β-unsaturated/α-hetero) is 1. The largest absolute Gasteiger partial charge is 0.396 e. The van der Waals surface area contributed by atoms with Gasteiger partial charge < -0.3 is 24.8 Å². The molecular weight excluding hydrogens is 264 g/mol. The molecule has 0 aromatic heterocycles. The van der Waals surface area contributed by atoms with Gasteiger partial charge in [0, 0.05) is 17.8 Å². The summed E-state index contributed by atoms with van der Waals surface area (Å²) < 4.78 is 11.4. The summed E-state index contributed by atoms with van der Waals surface area (Å²) in [4.78, 5) is 12.1. The number of allylic oxidation sites excluding steroid dienone is 1. The lowest BCUT2D eigenvalue weighted by Crippen LogP contribution is -2.61. The standard InChI is InChI=1S/C14H18O6/c1-6-2-8-13(4-15,3-7(6)16)11-9(17)10(18)12(20-8)14(11)5-19-14/h2,8-12,15,17-18H,3-5H2,1H3. The van der Waals surface area contributed by atoms with Gasteiger partial charge in [0.05, 0.1) is 25.4 Å². The Hall–Kier alpha value is -0.790. The number of carbonyl (C=O) groups is 1. The number of hydrogen-bond donors (Lipinski definition) is 3. The van der Waals surface area contributed by atoms with Crippen LogP contribution in [0.5, 0.6) is 0 Å². The molecule has 0 radical (unpaired) electrons. The topological polar surface area (TPSA) is 99.5 Å². The fourth-order valence-electron chi connectivity index (χ4n) is 4.47. The molecule has 7 unspecified atom stereocenters. The second kappa shape index (κ2) is 3.69. The van der Waals surface area contributed by atoms with Gasteiger partial charge in [0.1, 0.15) is 17.8 Å². The molecule has 2 aliphatic carbocycles. The van der Waals surface area contributed by atoms with E-state index >= 15 is 0 Å². The Labute approximate surface area is 116 Å². The molecular formula is C14H18O6. The van der Waals surface area contributed by atoms with Crippen LogP contribution in [-0.2, 0) is 14.3 Å². The van der Waals surface area contributed by atoms with Gasteiger partial charge in [-0.2, -0.15) is 0 Å². The molecule has 0 aromatic rings. The minimum absolute atomic E-state index is 0.0539. The zero-order valence-corrected chi connectivity index (χ0v) is 11.2. The van der Waals surface area contributed by atoms with Crippen molar-refractivity contribution < 1.29 is 29.6 Å². The first kappa shape index (κ1) is 12.9. The van der Waals surface area contributed by atoms with Crippen LogP contribution in [0.4, 0.5) is 0 Å². The molecule has 0 aromatic carbocycles. The second-order valence-corrected chi connectivity index (χ2v) is 6.52. The molecule has 6 heteroatoms. The van der Waals surface area contributed by atoms with E-state index < -0.39 is 41.3 Å². The molecule has 0 amide bonds. The van der Waals surface area contributed by atoms with Gasteiger partial charge in [-0.3, -0.25) is 4.79 Å². The normalized spacial score (nSPS) is 56.7. The van der Waals surface area contributed by atoms with Gasteiger partial charge in [0.2, 0.25) is 0 Å². The Kier molecular flexibility index (Phi) is 2.39. The lowest BCUT2D eigenvalue weighted by molar-refractivity contribution is -0.187. The maximum absolute atomic E-state index is 12.1. The van der Waals surface area contributed by atoms with Crippen molar-refractivity contribution in [2.75, 3.05) is 13.2 Å². The van der Waals surface area contributed by atoms with Gasteiger partial charge in [-0.15, -0.1) is 0 Å². The van der Waals surface area contributed by atoms with Gasteiger partial charge >= 0.3 is 0 Å². The van der Waals surface area contributed by atoms with Crippen molar-refractivity contribution in [3.8, 4) is 0 Å². The molecule has 2 aliphatic heterocycles. The highest BCUT2D eigenvalue weighted by Crippen LogP contribution is 2.63. The molecule has 3 fully saturated rings. The molecule has 110 valence electrons. The number of aliphatic hydroxyl groups is 3. The summed E-state index contributed by atoms with van der Waals surface area (Å²) in [5.74, 6) is -0.534. The molecule has 1 saturated carbocycles. The molecule has 4 aliphatic rings. The maximum atomic E-state index is 12.1. The Morgan fingerprint density at radius 2 is 2.10 bits per heavy atom. The first-order chi connectivity index (χ1) is 9.46. The minimum Gasteiger partial charge on any atom is -0.396 e. The zero-order chi connectivity index (χ0) is 14.3. The summed E-state index contributed by atoms with van der Waals surface area (Å²) in [5.41, 5.74) is -1.03. The Morgan fingerprint density at radius 1 is 1.40 bits per heavy atom. The van der Waals surface area contributed by atoms with Crippen LogP contribution < -0.4 is 0 Å². The molecule has 6 nitrogen and oxygen atoms in total. The van der Waals surface area contributed by atoms with Crippen molar-refractivity contribution in [1.29, 1.82) is 0 Å². The summed E-state index contributed by atoms with van der Waals surface area (Å²) in [6.07, 6.45) is -1.32. The predicted octanol–water partition coefficient (Wildman–Crippen LogP) is -1.23. The quantitative estimate of drug-likeness (QED) is 0.521. The fourth-order valence-corrected chi connectivity index (χ4v) is 4.47. The molecule has 4 rings (SSSR count). The smallest absolute Gasteiger partial charge is 0.159 e. The van der Waals surface area contributed by atoms with Gasteiger partial charge in [-0.05, 0) is 18.6 Å². The van der Waals surface area contributed by atoms with E-state index in [-0.39, 0.29) is 18.8 Å². The van der Waals surface area contributed by atoms with Gasteiger partial charge in [-0.1, -0.05) is 0 Å². The van der Waals surface area contributed by atoms with E-state index in [1.807, 2.05) is 0 Å². The van der Waals surface area contributed by atoms with Crippen LogP contribution >= 0.6 is 0 Å². The molecule has 2 heterocycles. The Bertz CT molecular complexity index is 510. The Balaban J connectivity index is 1.87. The first-order valence-corrected chi connectivity index (χ1v) is 6.94. The average Bonchev–Trinajstić information content (AvgIpc) is 3.17. The van der Waals surface area contributed by atoms with Crippen LogP contribution in [-0.4, -0.2) is 64.3 Å². The highest BCUT2D eigenvalue weighted by atomic mass is 16.6. The van der Waals surface area contributed by atoms with Crippen molar-refractivity contribution in [2.24, 2.45) is 11.3 Å². The fraction of sp³-hybridized carbons (Fsp3) is 0.786. The highest BCUT2D eigenvalue weighted by molar-refractivity contribution is 5.96. The monoisotopic (exact) mass is 282 g/mol. The predicted molar refractivity (Wildman–Crippen MR) is 65.7 cm³/mol. The van der Waals surface area contributed by atoms with Gasteiger partial charge in [0.15, 0.2) is 5.78 Å². The maximum Gasteiger partial charge on any atom is 0.159 e. The SMILES string of the molecule is CC1=CC2OC3C(O)C(O)C(C2(CO)CC1=O)C31CO1. The molecule has 1 spiro atoms. The van der Waals surface area contributed by atoms with Crippen LogP contribution in [0, 0.1) is 11.3 Å². The average molecular weight is 282 g/mol. The van der Waals surface area contributed by atoms with Crippen LogP contribution in [0.3, 0.4) is 0 Å². The molecule has 7 atom stereocenters. The lowest BCUT2D eigenvalue weighted by atomic mass is 9.60. The van der Waals surface area contributed by atoms with E-state index in [2.05, 4.69) is 0 Å². The third kappa shape index (κ3) is 1.25. The van der Waals surface area contributed by atoms with Crippen molar-refractivity contribution in [3.05, 3.63) is 11.6 Å². The van der Waals surface area contributed by atoms with Crippen molar-refractivity contribution in [2.45, 2.75) is 43.4 Å². The highest BCUT2D eigenvalue weighted by Gasteiger charge is 2.78. The number of epoxide rings is 1. The third-order valence-corrected chi connectivity index (χ3v) is 5.59. The summed E-state index contributed by atoms with van der Waals surface area (Å²) in [6.45, 7) is 1.83. The van der Waals surface area contributed by atoms with E-state index in [0.29, 0.717) is 12.2 Å². The number of ether oxygens (including phenoxy) is 2. The van der Waals surface area contributed by atoms with E-state index in [4.69, 9.17) is 9.47 Å². The second-order valence-electron chi connectivity index (χ2n) is 6.52. The van der Waals surface area contributed by atoms with Crippen LogP contribution in [0.2, 0.25) is 0 Å². The molecule has 3 N–H and O–H groups in total. The van der Waals surface area contributed by atoms with Crippen molar-refractivity contribution >= 4 is 5.78 Å². The number of ketones is 1. The van der Waals surface area contributed by atoms with E-state index in [1.165, 1.54) is 0 Å². The van der Waals surface area contributed by atoms with E-state index in [1.54, 1.807) is 13.0 Å². The summed E-state index contributed by atoms with van der Waals surface area (Å²) in [6, 6.07) is 0.